The van der Waals surface area contributed by atoms with E-state index in [-0.39, 0.29) is 28.4 Å². The van der Waals surface area contributed by atoms with Crippen LogP contribution >= 0.6 is 0 Å². The van der Waals surface area contributed by atoms with Gasteiger partial charge in [0.25, 0.3) is 0 Å². The Bertz CT molecular complexity index is 694. The summed E-state index contributed by atoms with van der Waals surface area (Å²) in [6.45, 7) is 2.56. The molecule has 122 valence electrons. The summed E-state index contributed by atoms with van der Waals surface area (Å²) in [4.78, 5) is 12.4. The van der Waals surface area contributed by atoms with Crippen LogP contribution in [0, 0.1) is 0 Å². The third-order valence-corrected chi connectivity index (χ3v) is 3.43. The van der Waals surface area contributed by atoms with Crippen LogP contribution in [0.15, 0.2) is 36.4 Å². The molecular weight excluding hydrogens is 296 g/mol. The van der Waals surface area contributed by atoms with Crippen molar-refractivity contribution in [1.29, 1.82) is 0 Å². The molecule has 0 heterocycles. The van der Waals surface area contributed by atoms with E-state index in [4.69, 9.17) is 9.47 Å². The zero-order valence-electron chi connectivity index (χ0n) is 13.2. The number of carbonyl (C=O) groups is 1. The van der Waals surface area contributed by atoms with Crippen molar-refractivity contribution in [3.63, 3.8) is 0 Å². The summed E-state index contributed by atoms with van der Waals surface area (Å²) in [6.07, 6.45) is 1.88. The number of hydrogen-bond acceptors (Lipinski definition) is 5. The minimum atomic E-state index is -0.388. The molecule has 0 unspecified atom stereocenters. The molecular formula is C18H20O5. The zero-order chi connectivity index (χ0) is 16.8. The number of benzene rings is 2. The lowest BCUT2D eigenvalue weighted by atomic mass is 10.0. The lowest BCUT2D eigenvalue weighted by molar-refractivity contribution is 0.103. The molecule has 0 fully saturated rings. The molecule has 2 aromatic carbocycles. The van der Waals surface area contributed by atoms with E-state index in [0.29, 0.717) is 18.1 Å². The number of aromatic hydroxyl groups is 2. The van der Waals surface area contributed by atoms with E-state index >= 15 is 0 Å². The van der Waals surface area contributed by atoms with E-state index in [0.717, 1.165) is 12.8 Å². The van der Waals surface area contributed by atoms with Crippen LogP contribution in [0.25, 0.3) is 0 Å². The number of carbonyl (C=O) groups excluding carboxylic acids is 1. The number of unbranched alkanes of at least 4 members (excludes halogenated alkanes) is 1. The van der Waals surface area contributed by atoms with Crippen molar-refractivity contribution in [3.8, 4) is 23.0 Å². The molecule has 2 aromatic rings. The van der Waals surface area contributed by atoms with Gasteiger partial charge in [-0.15, -0.1) is 0 Å². The minimum Gasteiger partial charge on any atom is -0.507 e. The molecule has 0 saturated heterocycles. The van der Waals surface area contributed by atoms with Gasteiger partial charge in [-0.3, -0.25) is 4.79 Å². The van der Waals surface area contributed by atoms with E-state index in [9.17, 15) is 15.0 Å². The largest absolute Gasteiger partial charge is 0.507 e. The van der Waals surface area contributed by atoms with Crippen LogP contribution < -0.4 is 9.47 Å². The number of phenolic OH excluding ortho intramolecular Hbond substituents is 2. The predicted octanol–water partition coefficient (Wildman–Crippen LogP) is 3.52. The highest BCUT2D eigenvalue weighted by Gasteiger charge is 2.16. The number of ether oxygens (including phenoxy) is 2. The first-order chi connectivity index (χ1) is 11.1. The molecule has 23 heavy (non-hydrogen) atoms. The second kappa shape index (κ2) is 7.54. The molecule has 2 N–H and O–H groups in total. The van der Waals surface area contributed by atoms with Crippen LogP contribution in [0.4, 0.5) is 0 Å². The highest BCUT2D eigenvalue weighted by Crippen LogP contribution is 2.30. The van der Waals surface area contributed by atoms with Gasteiger partial charge in [0.15, 0.2) is 17.3 Å². The molecule has 0 aromatic heterocycles. The SMILES string of the molecule is CCCCOc1ccc(C(=O)c2ccc(OC)cc2O)cc1O. The first-order valence-corrected chi connectivity index (χ1v) is 7.44. The second-order valence-corrected chi connectivity index (χ2v) is 5.10. The Hall–Kier alpha value is -2.69. The lowest BCUT2D eigenvalue weighted by Gasteiger charge is -2.10. The van der Waals surface area contributed by atoms with Gasteiger partial charge in [-0.2, -0.15) is 0 Å². The van der Waals surface area contributed by atoms with Gasteiger partial charge in [-0.25, -0.2) is 0 Å². The standard InChI is InChI=1S/C18H20O5/c1-3-4-9-23-17-8-5-12(10-16(17)20)18(21)14-7-6-13(22-2)11-15(14)19/h5-8,10-11,19-20H,3-4,9H2,1-2H3. The summed E-state index contributed by atoms with van der Waals surface area (Å²) >= 11 is 0. The Morgan fingerprint density at radius 3 is 2.48 bits per heavy atom. The fourth-order valence-electron chi connectivity index (χ4n) is 2.09. The van der Waals surface area contributed by atoms with Crippen molar-refractivity contribution in [2.75, 3.05) is 13.7 Å². The van der Waals surface area contributed by atoms with Crippen LogP contribution in [0.2, 0.25) is 0 Å². The summed E-state index contributed by atoms with van der Waals surface area (Å²) in [7, 11) is 1.48. The lowest BCUT2D eigenvalue weighted by Crippen LogP contribution is -2.03. The summed E-state index contributed by atoms with van der Waals surface area (Å²) in [5.41, 5.74) is 0.413. The van der Waals surface area contributed by atoms with Crippen LogP contribution in [0.5, 0.6) is 23.0 Å². The van der Waals surface area contributed by atoms with Gasteiger partial charge in [-0.05, 0) is 36.8 Å². The van der Waals surface area contributed by atoms with Crippen molar-refractivity contribution in [2.45, 2.75) is 19.8 Å². The molecule has 0 saturated carbocycles. The topological polar surface area (TPSA) is 76.0 Å². The van der Waals surface area contributed by atoms with Crippen LogP contribution in [0.1, 0.15) is 35.7 Å². The van der Waals surface area contributed by atoms with Crippen molar-refractivity contribution >= 4 is 5.78 Å². The Morgan fingerprint density at radius 1 is 1.09 bits per heavy atom. The molecule has 0 aliphatic carbocycles. The Morgan fingerprint density at radius 2 is 1.87 bits per heavy atom. The van der Waals surface area contributed by atoms with Gasteiger partial charge >= 0.3 is 0 Å². The van der Waals surface area contributed by atoms with Gasteiger partial charge in [-0.1, -0.05) is 13.3 Å². The molecule has 2 rings (SSSR count). The number of rotatable bonds is 7. The van der Waals surface area contributed by atoms with E-state index in [1.807, 2.05) is 6.92 Å². The van der Waals surface area contributed by atoms with E-state index in [1.54, 1.807) is 18.2 Å². The molecule has 0 spiro atoms. The number of phenols is 2. The summed E-state index contributed by atoms with van der Waals surface area (Å²) < 4.78 is 10.4. The Labute approximate surface area is 135 Å². The van der Waals surface area contributed by atoms with Gasteiger partial charge in [0.1, 0.15) is 11.5 Å². The normalized spacial score (nSPS) is 10.3. The molecule has 0 atom stereocenters. The number of hydrogen-bond donors (Lipinski definition) is 2. The first-order valence-electron chi connectivity index (χ1n) is 7.44. The first kappa shape index (κ1) is 16.7. The smallest absolute Gasteiger partial charge is 0.196 e. The molecule has 0 aliphatic heterocycles. The predicted molar refractivity (Wildman–Crippen MR) is 86.6 cm³/mol. The third kappa shape index (κ3) is 3.94. The molecule has 0 amide bonds. The van der Waals surface area contributed by atoms with Crippen molar-refractivity contribution < 1.29 is 24.5 Å². The van der Waals surface area contributed by atoms with Gasteiger partial charge in [0.2, 0.25) is 0 Å². The maximum atomic E-state index is 12.4. The molecule has 0 radical (unpaired) electrons. The maximum absolute atomic E-state index is 12.4. The van der Waals surface area contributed by atoms with Crippen molar-refractivity contribution in [2.24, 2.45) is 0 Å². The molecule has 0 aliphatic rings. The highest BCUT2D eigenvalue weighted by atomic mass is 16.5. The fraction of sp³-hybridized carbons (Fsp3) is 0.278. The van der Waals surface area contributed by atoms with E-state index < -0.39 is 0 Å². The molecule has 5 heteroatoms. The number of ketones is 1. The summed E-state index contributed by atoms with van der Waals surface area (Å²) in [6, 6.07) is 8.91. The zero-order valence-corrected chi connectivity index (χ0v) is 13.2. The van der Waals surface area contributed by atoms with Gasteiger partial charge < -0.3 is 19.7 Å². The fourth-order valence-corrected chi connectivity index (χ4v) is 2.09. The Kier molecular flexibility index (Phi) is 5.46. The minimum absolute atomic E-state index is 0.0973. The van der Waals surface area contributed by atoms with Crippen LogP contribution in [-0.4, -0.2) is 29.7 Å². The highest BCUT2D eigenvalue weighted by molar-refractivity contribution is 6.11. The van der Waals surface area contributed by atoms with E-state index in [2.05, 4.69) is 0 Å². The summed E-state index contributed by atoms with van der Waals surface area (Å²) in [5.74, 6) is 0.146. The average molecular weight is 316 g/mol. The van der Waals surface area contributed by atoms with Crippen LogP contribution in [-0.2, 0) is 0 Å². The molecule has 0 bridgehead atoms. The molecule has 5 nitrogen and oxygen atoms in total. The van der Waals surface area contributed by atoms with E-state index in [1.165, 1.54) is 25.3 Å². The Balaban J connectivity index is 2.21. The third-order valence-electron chi connectivity index (χ3n) is 3.43. The van der Waals surface area contributed by atoms with Crippen LogP contribution in [0.3, 0.4) is 0 Å². The maximum Gasteiger partial charge on any atom is 0.196 e. The monoisotopic (exact) mass is 316 g/mol. The quantitative estimate of drug-likeness (QED) is 0.604. The van der Waals surface area contributed by atoms with Gasteiger partial charge in [0.05, 0.1) is 19.3 Å². The van der Waals surface area contributed by atoms with Crippen molar-refractivity contribution in [1.82, 2.24) is 0 Å². The summed E-state index contributed by atoms with van der Waals surface area (Å²) in [5, 5.41) is 19.9. The van der Waals surface area contributed by atoms with Gasteiger partial charge in [0, 0.05) is 11.6 Å². The average Bonchev–Trinajstić information content (AvgIpc) is 2.55. The second-order valence-electron chi connectivity index (χ2n) is 5.10. The van der Waals surface area contributed by atoms with Crippen molar-refractivity contribution in [3.05, 3.63) is 47.5 Å². The number of methoxy groups -OCH3 is 1.